The number of aromatic nitrogens is 2. The molecule has 0 unspecified atom stereocenters. The molecule has 2 aromatic heterocycles. The Hall–Kier alpha value is -4.78. The highest BCUT2D eigenvalue weighted by Gasteiger charge is 2.23. The molecule has 3 aromatic carbocycles. The Morgan fingerprint density at radius 3 is 1.55 bits per heavy atom. The number of thiazole rings is 2. The second-order valence-corrected chi connectivity index (χ2v) is 13.8. The van der Waals surface area contributed by atoms with Gasteiger partial charge in [0.1, 0.15) is 13.2 Å². The molecular weight excluding hydrogens is 657 g/mol. The summed E-state index contributed by atoms with van der Waals surface area (Å²) in [6.07, 6.45) is 3.61. The van der Waals surface area contributed by atoms with Crippen molar-refractivity contribution in [1.82, 2.24) is 25.5 Å². The minimum absolute atomic E-state index is 0.156. The molecule has 0 fully saturated rings. The van der Waals surface area contributed by atoms with Gasteiger partial charge in [0, 0.05) is 63.9 Å². The molecule has 2 amide bonds. The second kappa shape index (κ2) is 18.7. The SMILES string of the molecule is CN(C)c1ccc(CN(C[C@@H](Cc2ccccc2)NC(=O)OCc2cncs2)C[C@H](Cc2ccccc2)NC(=O)OCc2cncs2)cc1. The molecule has 49 heavy (non-hydrogen) atoms. The molecule has 2 atom stereocenters. The zero-order chi connectivity index (χ0) is 34.3. The number of alkyl carbamates (subject to hydrolysis) is 2. The minimum atomic E-state index is -0.491. The first-order chi connectivity index (χ1) is 23.9. The molecule has 0 radical (unpaired) electrons. The highest BCUT2D eigenvalue weighted by molar-refractivity contribution is 7.09. The Labute approximate surface area is 295 Å². The smallest absolute Gasteiger partial charge is 0.407 e. The normalized spacial score (nSPS) is 12.2. The van der Waals surface area contributed by atoms with Crippen LogP contribution in [0.15, 0.2) is 108 Å². The van der Waals surface area contributed by atoms with Gasteiger partial charge in [-0.15, -0.1) is 22.7 Å². The molecular formula is C37H42N6O4S2. The maximum atomic E-state index is 13.1. The van der Waals surface area contributed by atoms with Crippen LogP contribution >= 0.6 is 22.7 Å². The lowest BCUT2D eigenvalue weighted by atomic mass is 10.0. The van der Waals surface area contributed by atoms with E-state index < -0.39 is 12.2 Å². The topological polar surface area (TPSA) is 109 Å². The van der Waals surface area contributed by atoms with Gasteiger partial charge in [0.25, 0.3) is 0 Å². The van der Waals surface area contributed by atoms with Crippen molar-refractivity contribution < 1.29 is 19.1 Å². The van der Waals surface area contributed by atoms with Crippen LogP contribution < -0.4 is 15.5 Å². The van der Waals surface area contributed by atoms with Crippen LogP contribution in [0.1, 0.15) is 26.4 Å². The Morgan fingerprint density at radius 1 is 0.673 bits per heavy atom. The number of amides is 2. The molecule has 0 aliphatic carbocycles. The van der Waals surface area contributed by atoms with E-state index in [9.17, 15) is 9.59 Å². The summed E-state index contributed by atoms with van der Waals surface area (Å²) in [5.41, 5.74) is 7.84. The number of benzene rings is 3. The molecule has 5 rings (SSSR count). The van der Waals surface area contributed by atoms with Crippen LogP contribution in [0.5, 0.6) is 0 Å². The van der Waals surface area contributed by atoms with Gasteiger partial charge in [0.05, 0.1) is 20.8 Å². The third-order valence-corrected chi connectivity index (χ3v) is 9.27. The molecule has 2 N–H and O–H groups in total. The number of hydrogen-bond acceptors (Lipinski definition) is 10. The summed E-state index contributed by atoms with van der Waals surface area (Å²) in [7, 11) is 4.03. The fourth-order valence-corrected chi connectivity index (χ4v) is 6.43. The number of anilines is 1. The van der Waals surface area contributed by atoms with Crippen molar-refractivity contribution in [3.05, 3.63) is 135 Å². The number of hydrogen-bond donors (Lipinski definition) is 2. The number of carbonyl (C=O) groups excluding carboxylic acids is 2. The largest absolute Gasteiger partial charge is 0.444 e. The number of carbonyl (C=O) groups is 2. The summed E-state index contributed by atoms with van der Waals surface area (Å²) in [6.45, 7) is 1.91. The van der Waals surface area contributed by atoms with Gasteiger partial charge in [-0.25, -0.2) is 9.59 Å². The van der Waals surface area contributed by atoms with Crippen LogP contribution in [-0.4, -0.2) is 66.3 Å². The first-order valence-electron chi connectivity index (χ1n) is 16.1. The van der Waals surface area contributed by atoms with Crippen molar-refractivity contribution in [3.63, 3.8) is 0 Å². The van der Waals surface area contributed by atoms with Crippen LogP contribution in [0.3, 0.4) is 0 Å². The van der Waals surface area contributed by atoms with E-state index in [0.717, 1.165) is 32.1 Å². The molecule has 256 valence electrons. The molecule has 0 spiro atoms. The van der Waals surface area contributed by atoms with Crippen LogP contribution in [0, 0.1) is 0 Å². The van der Waals surface area contributed by atoms with Crippen molar-refractivity contribution in [2.75, 3.05) is 32.1 Å². The van der Waals surface area contributed by atoms with E-state index in [-0.39, 0.29) is 25.3 Å². The van der Waals surface area contributed by atoms with Crippen molar-refractivity contribution in [2.45, 2.75) is 44.7 Å². The third kappa shape index (κ3) is 12.3. The predicted octanol–water partition coefficient (Wildman–Crippen LogP) is 6.54. The monoisotopic (exact) mass is 698 g/mol. The number of rotatable bonds is 17. The molecule has 0 saturated carbocycles. The van der Waals surface area contributed by atoms with Gasteiger partial charge in [0.15, 0.2) is 0 Å². The Bertz CT molecular complexity index is 1570. The molecule has 0 aliphatic rings. The van der Waals surface area contributed by atoms with Gasteiger partial charge in [-0.05, 0) is 41.7 Å². The fourth-order valence-electron chi connectivity index (χ4n) is 5.42. The zero-order valence-electron chi connectivity index (χ0n) is 27.7. The lowest BCUT2D eigenvalue weighted by molar-refractivity contribution is 0.126. The molecule has 10 nitrogen and oxygen atoms in total. The van der Waals surface area contributed by atoms with Crippen molar-refractivity contribution in [2.24, 2.45) is 0 Å². The minimum Gasteiger partial charge on any atom is -0.444 e. The first kappa shape index (κ1) is 35.5. The van der Waals surface area contributed by atoms with Gasteiger partial charge in [-0.2, -0.15) is 0 Å². The lowest BCUT2D eigenvalue weighted by Crippen LogP contribution is -2.50. The standard InChI is InChI=1S/C37H42N6O4S2/c1-42(2)33-15-13-30(14-16-33)21-43(22-31(17-28-9-5-3-6-10-28)40-36(44)46-24-34-19-38-26-48-34)23-32(18-29-11-7-4-8-12-29)41-37(45)47-25-35-20-39-27-49-35/h3-16,19-20,26-27,31-32H,17-18,21-25H2,1-2H3,(H,40,44)(H,41,45)/t31-,32+. The second-order valence-electron chi connectivity index (χ2n) is 11.9. The maximum Gasteiger partial charge on any atom is 0.407 e. The average Bonchev–Trinajstić information content (AvgIpc) is 3.83. The molecule has 0 bridgehead atoms. The summed E-state index contributed by atoms with van der Waals surface area (Å²) in [4.78, 5) is 40.4. The van der Waals surface area contributed by atoms with E-state index >= 15 is 0 Å². The lowest BCUT2D eigenvalue weighted by Gasteiger charge is -2.32. The van der Waals surface area contributed by atoms with E-state index in [1.807, 2.05) is 50.5 Å². The van der Waals surface area contributed by atoms with Crippen LogP contribution in [0.2, 0.25) is 0 Å². The van der Waals surface area contributed by atoms with Crippen LogP contribution in [-0.2, 0) is 42.1 Å². The molecule has 0 saturated heterocycles. The van der Waals surface area contributed by atoms with E-state index in [4.69, 9.17) is 9.47 Å². The highest BCUT2D eigenvalue weighted by Crippen LogP contribution is 2.17. The van der Waals surface area contributed by atoms with Crippen LogP contribution in [0.25, 0.3) is 0 Å². The van der Waals surface area contributed by atoms with Gasteiger partial charge in [-0.3, -0.25) is 14.9 Å². The van der Waals surface area contributed by atoms with E-state index in [1.54, 1.807) is 23.4 Å². The first-order valence-corrected chi connectivity index (χ1v) is 17.8. The van der Waals surface area contributed by atoms with Gasteiger partial charge >= 0.3 is 12.2 Å². The third-order valence-electron chi connectivity index (χ3n) is 7.77. The Balaban J connectivity index is 1.37. The fraction of sp³-hybridized carbons (Fsp3) is 0.297. The molecule has 0 aliphatic heterocycles. The van der Waals surface area contributed by atoms with Gasteiger partial charge < -0.3 is 25.0 Å². The number of nitrogens with zero attached hydrogens (tertiary/aromatic N) is 4. The predicted molar refractivity (Wildman–Crippen MR) is 195 cm³/mol. The van der Waals surface area contributed by atoms with E-state index in [1.165, 1.54) is 22.7 Å². The highest BCUT2D eigenvalue weighted by atomic mass is 32.1. The molecule has 5 aromatic rings. The molecule has 12 heteroatoms. The van der Waals surface area contributed by atoms with E-state index in [2.05, 4.69) is 78.9 Å². The number of ether oxygens (including phenoxy) is 2. The van der Waals surface area contributed by atoms with Gasteiger partial charge in [0.2, 0.25) is 0 Å². The maximum absolute atomic E-state index is 13.1. The Morgan fingerprint density at radius 2 is 1.14 bits per heavy atom. The van der Waals surface area contributed by atoms with Crippen molar-refractivity contribution in [3.8, 4) is 0 Å². The van der Waals surface area contributed by atoms with E-state index in [0.29, 0.717) is 32.5 Å². The van der Waals surface area contributed by atoms with Crippen LogP contribution in [0.4, 0.5) is 15.3 Å². The quantitative estimate of drug-likeness (QED) is 0.113. The summed E-state index contributed by atoms with van der Waals surface area (Å²) in [6, 6.07) is 28.0. The summed E-state index contributed by atoms with van der Waals surface area (Å²) in [5.74, 6) is 0. The van der Waals surface area contributed by atoms with Crippen molar-refractivity contribution >= 4 is 40.5 Å². The zero-order valence-corrected chi connectivity index (χ0v) is 29.4. The average molecular weight is 699 g/mol. The molecule has 2 heterocycles. The summed E-state index contributed by atoms with van der Waals surface area (Å²) in [5, 5.41) is 6.25. The summed E-state index contributed by atoms with van der Waals surface area (Å²) >= 11 is 2.88. The van der Waals surface area contributed by atoms with Gasteiger partial charge in [-0.1, -0.05) is 72.8 Å². The summed E-state index contributed by atoms with van der Waals surface area (Å²) < 4.78 is 11.2. The Kier molecular flexibility index (Phi) is 13.5. The van der Waals surface area contributed by atoms with Crippen molar-refractivity contribution in [1.29, 1.82) is 0 Å². The number of nitrogens with one attached hydrogen (secondary N) is 2.